The summed E-state index contributed by atoms with van der Waals surface area (Å²) in [5, 5.41) is 0. The number of benzene rings is 1. The minimum atomic E-state index is -3.47. The van der Waals surface area contributed by atoms with Gasteiger partial charge in [-0.3, -0.25) is 0 Å². The molecule has 1 aliphatic rings. The second-order valence-corrected chi connectivity index (χ2v) is 7.68. The number of halogens is 1. The lowest BCUT2D eigenvalue weighted by Gasteiger charge is -2.19. The van der Waals surface area contributed by atoms with E-state index in [1.807, 2.05) is 12.1 Å². The van der Waals surface area contributed by atoms with Crippen LogP contribution < -0.4 is 10.5 Å². The number of nitrogens with two attached hydrogens (primary N) is 1. The average Bonchev–Trinajstić information content (AvgIpc) is 2.84. The molecular formula is C15H25ClN2O2S. The van der Waals surface area contributed by atoms with Crippen molar-refractivity contribution in [2.45, 2.75) is 50.5 Å². The quantitative estimate of drug-likeness (QED) is 0.839. The summed E-state index contributed by atoms with van der Waals surface area (Å²) in [6, 6.07) is 5.26. The maximum atomic E-state index is 12.4. The number of fused-ring (bicyclic) bond motifs is 1. The van der Waals surface area contributed by atoms with Gasteiger partial charge in [0.25, 0.3) is 0 Å². The fourth-order valence-electron chi connectivity index (χ4n) is 2.76. The normalized spacial score (nSPS) is 15.6. The molecule has 1 aliphatic carbocycles. The first-order chi connectivity index (χ1) is 9.42. The van der Waals surface area contributed by atoms with E-state index in [2.05, 4.69) is 18.6 Å². The van der Waals surface area contributed by atoms with Crippen molar-refractivity contribution in [2.24, 2.45) is 11.7 Å². The van der Waals surface area contributed by atoms with E-state index in [0.29, 0.717) is 17.4 Å². The SMILES string of the molecule is CC(C)CC(CN)NS(=O)(=O)c1ccc2c(c1)CCC2.Cl. The van der Waals surface area contributed by atoms with E-state index in [1.165, 1.54) is 11.1 Å². The van der Waals surface area contributed by atoms with E-state index >= 15 is 0 Å². The van der Waals surface area contributed by atoms with Crippen molar-refractivity contribution >= 4 is 22.4 Å². The van der Waals surface area contributed by atoms with Crippen LogP contribution in [0.5, 0.6) is 0 Å². The van der Waals surface area contributed by atoms with E-state index in [0.717, 1.165) is 25.7 Å². The molecule has 0 saturated heterocycles. The summed E-state index contributed by atoms with van der Waals surface area (Å²) in [7, 11) is -3.47. The Kier molecular flexibility index (Phi) is 6.66. The van der Waals surface area contributed by atoms with Crippen molar-refractivity contribution in [1.29, 1.82) is 0 Å². The third-order valence-electron chi connectivity index (χ3n) is 3.74. The van der Waals surface area contributed by atoms with E-state index in [-0.39, 0.29) is 18.4 Å². The van der Waals surface area contributed by atoms with Gasteiger partial charge in [0.15, 0.2) is 0 Å². The molecule has 1 unspecified atom stereocenters. The highest BCUT2D eigenvalue weighted by Crippen LogP contribution is 2.24. The Morgan fingerprint density at radius 2 is 1.90 bits per heavy atom. The molecule has 3 N–H and O–H groups in total. The minimum Gasteiger partial charge on any atom is -0.329 e. The van der Waals surface area contributed by atoms with E-state index in [4.69, 9.17) is 5.73 Å². The molecule has 0 aliphatic heterocycles. The molecule has 0 spiro atoms. The van der Waals surface area contributed by atoms with Crippen LogP contribution in [0.4, 0.5) is 0 Å². The predicted octanol–water partition coefficient (Wildman–Crippen LogP) is 2.25. The van der Waals surface area contributed by atoms with Crippen LogP contribution in [-0.4, -0.2) is 21.0 Å². The van der Waals surface area contributed by atoms with Crippen LogP contribution in [0.1, 0.15) is 37.8 Å². The fraction of sp³-hybridized carbons (Fsp3) is 0.600. The molecule has 120 valence electrons. The van der Waals surface area contributed by atoms with Crippen LogP contribution in [0.15, 0.2) is 23.1 Å². The lowest BCUT2D eigenvalue weighted by Crippen LogP contribution is -2.41. The summed E-state index contributed by atoms with van der Waals surface area (Å²) in [6.45, 7) is 4.45. The van der Waals surface area contributed by atoms with Crippen molar-refractivity contribution in [1.82, 2.24) is 4.72 Å². The number of rotatable bonds is 6. The van der Waals surface area contributed by atoms with Gasteiger partial charge in [-0.05, 0) is 54.9 Å². The molecule has 0 fully saturated rings. The van der Waals surface area contributed by atoms with Crippen molar-refractivity contribution in [3.05, 3.63) is 29.3 Å². The molecule has 4 nitrogen and oxygen atoms in total. The molecule has 0 bridgehead atoms. The van der Waals surface area contributed by atoms with Gasteiger partial charge < -0.3 is 5.73 Å². The largest absolute Gasteiger partial charge is 0.329 e. The molecule has 1 atom stereocenters. The summed E-state index contributed by atoms with van der Waals surface area (Å²) in [4.78, 5) is 0.361. The molecule has 6 heteroatoms. The zero-order chi connectivity index (χ0) is 14.8. The second kappa shape index (κ2) is 7.58. The summed E-state index contributed by atoms with van der Waals surface area (Å²) >= 11 is 0. The maximum absolute atomic E-state index is 12.4. The smallest absolute Gasteiger partial charge is 0.240 e. The Morgan fingerprint density at radius 3 is 2.52 bits per heavy atom. The highest BCUT2D eigenvalue weighted by Gasteiger charge is 2.22. The van der Waals surface area contributed by atoms with Crippen LogP contribution in [0.3, 0.4) is 0 Å². The molecule has 1 aromatic rings. The summed E-state index contributed by atoms with van der Waals surface area (Å²) in [5.41, 5.74) is 8.12. The van der Waals surface area contributed by atoms with Gasteiger partial charge in [-0.25, -0.2) is 13.1 Å². The lowest BCUT2D eigenvalue weighted by atomic mass is 10.1. The van der Waals surface area contributed by atoms with Gasteiger partial charge in [0, 0.05) is 12.6 Å². The molecular weight excluding hydrogens is 308 g/mol. The Balaban J connectivity index is 0.00000220. The van der Waals surface area contributed by atoms with E-state index in [9.17, 15) is 8.42 Å². The lowest BCUT2D eigenvalue weighted by molar-refractivity contribution is 0.465. The molecule has 2 rings (SSSR count). The number of nitrogens with one attached hydrogen (secondary N) is 1. The predicted molar refractivity (Wildman–Crippen MR) is 88.3 cm³/mol. The van der Waals surface area contributed by atoms with Crippen LogP contribution in [0.25, 0.3) is 0 Å². The zero-order valence-electron chi connectivity index (χ0n) is 12.6. The molecule has 1 aromatic carbocycles. The van der Waals surface area contributed by atoms with Crippen molar-refractivity contribution in [2.75, 3.05) is 6.54 Å². The number of sulfonamides is 1. The molecule has 0 amide bonds. The third kappa shape index (κ3) is 4.68. The summed E-state index contributed by atoms with van der Waals surface area (Å²) in [5.74, 6) is 0.409. The van der Waals surface area contributed by atoms with Crippen molar-refractivity contribution in [3.63, 3.8) is 0 Å². The van der Waals surface area contributed by atoms with Crippen LogP contribution >= 0.6 is 12.4 Å². The molecule has 0 radical (unpaired) electrons. The second-order valence-electron chi connectivity index (χ2n) is 5.97. The van der Waals surface area contributed by atoms with E-state index in [1.54, 1.807) is 6.07 Å². The Hall–Kier alpha value is -0.620. The highest BCUT2D eigenvalue weighted by atomic mass is 35.5. The number of hydrogen-bond donors (Lipinski definition) is 2. The highest BCUT2D eigenvalue weighted by molar-refractivity contribution is 7.89. The van der Waals surface area contributed by atoms with Gasteiger partial charge in [0.2, 0.25) is 10.0 Å². The van der Waals surface area contributed by atoms with Crippen LogP contribution in [0.2, 0.25) is 0 Å². The van der Waals surface area contributed by atoms with Crippen LogP contribution in [-0.2, 0) is 22.9 Å². The van der Waals surface area contributed by atoms with Crippen molar-refractivity contribution < 1.29 is 8.42 Å². The fourth-order valence-corrected chi connectivity index (χ4v) is 4.08. The molecule has 0 saturated carbocycles. The standard InChI is InChI=1S/C15H24N2O2S.ClH/c1-11(2)8-14(10-16)17-20(18,19)15-7-6-12-4-3-5-13(12)9-15;/h6-7,9,11,14,17H,3-5,8,10,16H2,1-2H3;1H. The molecule has 0 heterocycles. The summed E-state index contributed by atoms with van der Waals surface area (Å²) < 4.78 is 27.6. The monoisotopic (exact) mass is 332 g/mol. The average molecular weight is 333 g/mol. The first-order valence-corrected chi connectivity index (χ1v) is 8.75. The maximum Gasteiger partial charge on any atom is 0.240 e. The van der Waals surface area contributed by atoms with Gasteiger partial charge in [-0.15, -0.1) is 12.4 Å². The van der Waals surface area contributed by atoms with Gasteiger partial charge in [0.05, 0.1) is 4.90 Å². The molecule has 21 heavy (non-hydrogen) atoms. The van der Waals surface area contributed by atoms with Crippen LogP contribution in [0, 0.1) is 5.92 Å². The first kappa shape index (κ1) is 18.4. The number of hydrogen-bond acceptors (Lipinski definition) is 3. The Morgan fingerprint density at radius 1 is 1.24 bits per heavy atom. The van der Waals surface area contributed by atoms with Crippen molar-refractivity contribution in [3.8, 4) is 0 Å². The Bertz CT molecular complexity index is 573. The Labute approximate surface area is 134 Å². The van der Waals surface area contributed by atoms with E-state index < -0.39 is 10.0 Å². The number of aryl methyl sites for hydroxylation is 2. The topological polar surface area (TPSA) is 72.2 Å². The third-order valence-corrected chi connectivity index (χ3v) is 5.26. The van der Waals surface area contributed by atoms with Gasteiger partial charge in [-0.1, -0.05) is 19.9 Å². The first-order valence-electron chi connectivity index (χ1n) is 7.26. The van der Waals surface area contributed by atoms with Gasteiger partial charge >= 0.3 is 0 Å². The zero-order valence-corrected chi connectivity index (χ0v) is 14.3. The van der Waals surface area contributed by atoms with Gasteiger partial charge in [-0.2, -0.15) is 0 Å². The molecule has 0 aromatic heterocycles. The summed E-state index contributed by atoms with van der Waals surface area (Å²) in [6.07, 6.45) is 3.90. The van der Waals surface area contributed by atoms with Gasteiger partial charge in [0.1, 0.15) is 0 Å². The minimum absolute atomic E-state index is 0.